The standard InChI is InChI=1S/C29H26O/c1-29(2,3)30-26-19-24(20-12-6-4-7-13-20)27(21-14-8-5-9-15-21)25-18-22-16-10-11-17-23(22)28(25)26/h4-17,19H,18H2,1-3H3. The van der Waals surface area contributed by atoms with Crippen molar-refractivity contribution in [1.29, 1.82) is 0 Å². The number of hydrogen-bond acceptors (Lipinski definition) is 1. The molecular weight excluding hydrogens is 364 g/mol. The first-order chi connectivity index (χ1) is 14.5. The van der Waals surface area contributed by atoms with E-state index in [1.165, 1.54) is 44.5 Å². The van der Waals surface area contributed by atoms with Gasteiger partial charge in [0.15, 0.2) is 0 Å². The molecule has 0 saturated carbocycles. The third-order valence-electron chi connectivity index (χ3n) is 5.61. The van der Waals surface area contributed by atoms with Crippen molar-refractivity contribution in [3.05, 3.63) is 102 Å². The van der Waals surface area contributed by atoms with E-state index in [4.69, 9.17) is 4.74 Å². The van der Waals surface area contributed by atoms with Gasteiger partial charge in [-0.15, -0.1) is 0 Å². The molecule has 0 amide bonds. The fraction of sp³-hybridized carbons (Fsp3) is 0.172. The molecule has 0 heterocycles. The molecule has 0 aliphatic heterocycles. The quantitative estimate of drug-likeness (QED) is 0.306. The van der Waals surface area contributed by atoms with E-state index in [9.17, 15) is 0 Å². The molecule has 0 radical (unpaired) electrons. The van der Waals surface area contributed by atoms with Crippen LogP contribution >= 0.6 is 0 Å². The molecule has 148 valence electrons. The average Bonchev–Trinajstić information content (AvgIpc) is 3.13. The molecule has 0 N–H and O–H groups in total. The van der Waals surface area contributed by atoms with Gasteiger partial charge in [0.2, 0.25) is 0 Å². The predicted octanol–water partition coefficient (Wildman–Crippen LogP) is 7.77. The van der Waals surface area contributed by atoms with Crippen LogP contribution < -0.4 is 4.74 Å². The highest BCUT2D eigenvalue weighted by Crippen LogP contribution is 2.51. The van der Waals surface area contributed by atoms with Crippen LogP contribution in [0.3, 0.4) is 0 Å². The maximum atomic E-state index is 6.55. The Balaban J connectivity index is 1.87. The SMILES string of the molecule is CC(C)(C)Oc1cc(-c2ccccc2)c(-c2ccccc2)c2c1-c1ccccc1C2. The summed E-state index contributed by atoms with van der Waals surface area (Å²) in [4.78, 5) is 0. The van der Waals surface area contributed by atoms with E-state index >= 15 is 0 Å². The van der Waals surface area contributed by atoms with Crippen LogP contribution in [0.25, 0.3) is 33.4 Å². The lowest BCUT2D eigenvalue weighted by atomic mass is 9.87. The van der Waals surface area contributed by atoms with Gasteiger partial charge in [-0.1, -0.05) is 84.9 Å². The Morgan fingerprint density at radius 3 is 1.90 bits per heavy atom. The molecular formula is C29H26O. The summed E-state index contributed by atoms with van der Waals surface area (Å²) in [5.41, 5.74) is 10.0. The monoisotopic (exact) mass is 390 g/mol. The minimum absolute atomic E-state index is 0.270. The van der Waals surface area contributed by atoms with Crippen molar-refractivity contribution in [3.8, 4) is 39.1 Å². The number of benzene rings is 4. The first kappa shape index (κ1) is 18.7. The maximum Gasteiger partial charge on any atom is 0.128 e. The number of fused-ring (bicyclic) bond motifs is 3. The number of rotatable bonds is 3. The highest BCUT2D eigenvalue weighted by Gasteiger charge is 2.29. The summed E-state index contributed by atoms with van der Waals surface area (Å²) >= 11 is 0. The lowest BCUT2D eigenvalue weighted by Gasteiger charge is -2.26. The molecule has 0 aromatic heterocycles. The lowest BCUT2D eigenvalue weighted by molar-refractivity contribution is 0.132. The molecule has 0 spiro atoms. The maximum absolute atomic E-state index is 6.55. The summed E-state index contributed by atoms with van der Waals surface area (Å²) in [6.07, 6.45) is 0.927. The van der Waals surface area contributed by atoms with Gasteiger partial charge < -0.3 is 4.74 Å². The van der Waals surface area contributed by atoms with Gasteiger partial charge in [0, 0.05) is 5.56 Å². The summed E-state index contributed by atoms with van der Waals surface area (Å²) in [5.74, 6) is 0.973. The van der Waals surface area contributed by atoms with Crippen molar-refractivity contribution in [2.24, 2.45) is 0 Å². The molecule has 0 saturated heterocycles. The molecule has 4 aromatic carbocycles. The molecule has 0 bridgehead atoms. The Hall–Kier alpha value is -3.32. The highest BCUT2D eigenvalue weighted by atomic mass is 16.5. The Bertz CT molecular complexity index is 1200. The fourth-order valence-corrected chi connectivity index (χ4v) is 4.48. The van der Waals surface area contributed by atoms with Crippen LogP contribution in [0.4, 0.5) is 0 Å². The van der Waals surface area contributed by atoms with Gasteiger partial charge in [-0.3, -0.25) is 0 Å². The molecule has 5 rings (SSSR count). The summed E-state index contributed by atoms with van der Waals surface area (Å²) in [5, 5.41) is 0. The molecule has 1 heteroatoms. The minimum atomic E-state index is -0.270. The van der Waals surface area contributed by atoms with Crippen molar-refractivity contribution in [2.45, 2.75) is 32.8 Å². The van der Waals surface area contributed by atoms with E-state index < -0.39 is 0 Å². The third kappa shape index (κ3) is 3.31. The van der Waals surface area contributed by atoms with E-state index in [0.29, 0.717) is 0 Å². The van der Waals surface area contributed by atoms with Crippen LogP contribution in [-0.4, -0.2) is 5.60 Å². The molecule has 1 aliphatic carbocycles. The van der Waals surface area contributed by atoms with Gasteiger partial charge in [0.25, 0.3) is 0 Å². The Labute approximate surface area is 179 Å². The zero-order chi connectivity index (χ0) is 20.7. The first-order valence-electron chi connectivity index (χ1n) is 10.6. The van der Waals surface area contributed by atoms with Crippen LogP contribution in [-0.2, 0) is 6.42 Å². The van der Waals surface area contributed by atoms with Crippen molar-refractivity contribution >= 4 is 0 Å². The van der Waals surface area contributed by atoms with Gasteiger partial charge in [-0.25, -0.2) is 0 Å². The van der Waals surface area contributed by atoms with Crippen molar-refractivity contribution in [3.63, 3.8) is 0 Å². The van der Waals surface area contributed by atoms with E-state index in [1.54, 1.807) is 0 Å². The molecule has 0 fully saturated rings. The summed E-state index contributed by atoms with van der Waals surface area (Å²) in [6.45, 7) is 6.36. The minimum Gasteiger partial charge on any atom is -0.487 e. The normalized spacial score (nSPS) is 12.4. The molecule has 1 nitrogen and oxygen atoms in total. The zero-order valence-corrected chi connectivity index (χ0v) is 17.8. The Morgan fingerprint density at radius 1 is 0.633 bits per heavy atom. The summed E-state index contributed by atoms with van der Waals surface area (Å²) in [7, 11) is 0. The van der Waals surface area contributed by atoms with Crippen LogP contribution in [0.5, 0.6) is 5.75 Å². The lowest BCUT2D eigenvalue weighted by Crippen LogP contribution is -2.23. The van der Waals surface area contributed by atoms with Gasteiger partial charge in [-0.05, 0) is 72.2 Å². The van der Waals surface area contributed by atoms with Gasteiger partial charge in [-0.2, -0.15) is 0 Å². The Morgan fingerprint density at radius 2 is 1.23 bits per heavy atom. The summed E-state index contributed by atoms with van der Waals surface area (Å²) in [6, 6.07) is 32.4. The van der Waals surface area contributed by atoms with E-state index in [2.05, 4.69) is 112 Å². The second-order valence-electron chi connectivity index (χ2n) is 8.93. The molecule has 0 atom stereocenters. The number of ether oxygens (including phenoxy) is 1. The van der Waals surface area contributed by atoms with E-state index in [0.717, 1.165) is 12.2 Å². The average molecular weight is 391 g/mol. The van der Waals surface area contributed by atoms with Crippen LogP contribution in [0.15, 0.2) is 91.0 Å². The first-order valence-corrected chi connectivity index (χ1v) is 10.6. The van der Waals surface area contributed by atoms with Gasteiger partial charge in [0.05, 0.1) is 0 Å². The Kier molecular flexibility index (Phi) is 4.47. The fourth-order valence-electron chi connectivity index (χ4n) is 4.48. The third-order valence-corrected chi connectivity index (χ3v) is 5.61. The van der Waals surface area contributed by atoms with Crippen molar-refractivity contribution in [2.75, 3.05) is 0 Å². The van der Waals surface area contributed by atoms with Crippen molar-refractivity contribution < 1.29 is 4.74 Å². The molecule has 30 heavy (non-hydrogen) atoms. The topological polar surface area (TPSA) is 9.23 Å². The van der Waals surface area contributed by atoms with Gasteiger partial charge in [0.1, 0.15) is 11.4 Å². The molecule has 0 unspecified atom stereocenters. The van der Waals surface area contributed by atoms with Crippen LogP contribution in [0, 0.1) is 0 Å². The molecule has 1 aliphatic rings. The molecule has 4 aromatic rings. The van der Waals surface area contributed by atoms with Crippen molar-refractivity contribution in [1.82, 2.24) is 0 Å². The second kappa shape index (κ2) is 7.18. The van der Waals surface area contributed by atoms with E-state index in [-0.39, 0.29) is 5.60 Å². The second-order valence-corrected chi connectivity index (χ2v) is 8.93. The number of hydrogen-bond donors (Lipinski definition) is 0. The van der Waals surface area contributed by atoms with Crippen LogP contribution in [0.1, 0.15) is 31.9 Å². The van der Waals surface area contributed by atoms with Crippen LogP contribution in [0.2, 0.25) is 0 Å². The smallest absolute Gasteiger partial charge is 0.128 e. The highest BCUT2D eigenvalue weighted by molar-refractivity contribution is 5.96. The summed E-state index contributed by atoms with van der Waals surface area (Å²) < 4.78 is 6.55. The van der Waals surface area contributed by atoms with E-state index in [1.807, 2.05) is 0 Å². The van der Waals surface area contributed by atoms with Gasteiger partial charge >= 0.3 is 0 Å². The largest absolute Gasteiger partial charge is 0.487 e. The zero-order valence-electron chi connectivity index (χ0n) is 17.8. The predicted molar refractivity (Wildman–Crippen MR) is 126 cm³/mol.